The SMILES string of the molecule is CCOC(=O)c1ccc(CNC(=NC)NCCCN2CCCCC2C)cc1. The molecule has 0 bridgehead atoms. The number of carbonyl (C=O) groups excluding carboxylic acids is 1. The van der Waals surface area contributed by atoms with Crippen molar-refractivity contribution in [3.63, 3.8) is 0 Å². The Bertz CT molecular complexity index is 601. The average Bonchev–Trinajstić information content (AvgIpc) is 2.69. The summed E-state index contributed by atoms with van der Waals surface area (Å²) in [5.74, 6) is 0.522. The summed E-state index contributed by atoms with van der Waals surface area (Å²) >= 11 is 0. The number of piperidine rings is 1. The predicted octanol–water partition coefficient (Wildman–Crippen LogP) is 2.79. The van der Waals surface area contributed by atoms with Crippen LogP contribution in [0, 0.1) is 0 Å². The van der Waals surface area contributed by atoms with E-state index in [0.717, 1.165) is 31.0 Å². The number of esters is 1. The first-order chi connectivity index (χ1) is 13.1. The Kier molecular flexibility index (Phi) is 9.11. The van der Waals surface area contributed by atoms with E-state index in [9.17, 15) is 4.79 Å². The number of likely N-dealkylation sites (tertiary alicyclic amines) is 1. The summed E-state index contributed by atoms with van der Waals surface area (Å²) in [5.41, 5.74) is 1.67. The van der Waals surface area contributed by atoms with Crippen molar-refractivity contribution in [1.29, 1.82) is 0 Å². The number of hydrogen-bond donors (Lipinski definition) is 2. The molecule has 0 aromatic heterocycles. The van der Waals surface area contributed by atoms with Gasteiger partial charge in [0.05, 0.1) is 12.2 Å². The smallest absolute Gasteiger partial charge is 0.338 e. The number of benzene rings is 1. The summed E-state index contributed by atoms with van der Waals surface area (Å²) in [7, 11) is 1.78. The number of carbonyl (C=O) groups is 1. The van der Waals surface area contributed by atoms with Crippen molar-refractivity contribution in [1.82, 2.24) is 15.5 Å². The first-order valence-electron chi connectivity index (χ1n) is 10.1. The van der Waals surface area contributed by atoms with Crippen LogP contribution in [-0.2, 0) is 11.3 Å². The number of hydrogen-bond acceptors (Lipinski definition) is 4. The molecular formula is C21H34N4O2. The Hall–Kier alpha value is -2.08. The van der Waals surface area contributed by atoms with Gasteiger partial charge >= 0.3 is 5.97 Å². The van der Waals surface area contributed by atoms with Crippen LogP contribution in [0.15, 0.2) is 29.3 Å². The number of ether oxygens (including phenoxy) is 1. The highest BCUT2D eigenvalue weighted by molar-refractivity contribution is 5.89. The van der Waals surface area contributed by atoms with Gasteiger partial charge in [0, 0.05) is 32.7 Å². The summed E-state index contributed by atoms with van der Waals surface area (Å²) in [6.07, 6.45) is 5.13. The molecule has 0 saturated carbocycles. The van der Waals surface area contributed by atoms with Gasteiger partial charge in [0.2, 0.25) is 0 Å². The van der Waals surface area contributed by atoms with Gasteiger partial charge in [-0.1, -0.05) is 18.6 Å². The van der Waals surface area contributed by atoms with E-state index in [4.69, 9.17) is 4.74 Å². The molecule has 150 valence electrons. The fourth-order valence-corrected chi connectivity index (χ4v) is 3.36. The van der Waals surface area contributed by atoms with Gasteiger partial charge in [-0.3, -0.25) is 4.99 Å². The van der Waals surface area contributed by atoms with Crippen LogP contribution in [-0.4, -0.2) is 56.2 Å². The van der Waals surface area contributed by atoms with Crippen LogP contribution in [0.1, 0.15) is 55.5 Å². The largest absolute Gasteiger partial charge is 0.462 e. The van der Waals surface area contributed by atoms with E-state index in [1.807, 2.05) is 19.1 Å². The van der Waals surface area contributed by atoms with E-state index in [-0.39, 0.29) is 5.97 Å². The Morgan fingerprint density at radius 2 is 2.04 bits per heavy atom. The number of rotatable bonds is 8. The van der Waals surface area contributed by atoms with Crippen molar-refractivity contribution in [2.45, 2.75) is 52.1 Å². The zero-order valence-corrected chi connectivity index (χ0v) is 17.0. The van der Waals surface area contributed by atoms with Crippen LogP contribution in [0.2, 0.25) is 0 Å². The lowest BCUT2D eigenvalue weighted by Crippen LogP contribution is -2.41. The highest BCUT2D eigenvalue weighted by Crippen LogP contribution is 2.16. The van der Waals surface area contributed by atoms with Crippen LogP contribution < -0.4 is 10.6 Å². The number of guanidine groups is 1. The molecule has 1 heterocycles. The predicted molar refractivity (Wildman–Crippen MR) is 110 cm³/mol. The number of nitrogens with zero attached hydrogens (tertiary/aromatic N) is 2. The minimum atomic E-state index is -0.280. The van der Waals surface area contributed by atoms with E-state index < -0.39 is 0 Å². The molecule has 1 aromatic carbocycles. The van der Waals surface area contributed by atoms with Crippen molar-refractivity contribution in [3.8, 4) is 0 Å². The molecular weight excluding hydrogens is 340 g/mol. The lowest BCUT2D eigenvalue weighted by Gasteiger charge is -2.33. The third kappa shape index (κ3) is 7.21. The normalized spacial score (nSPS) is 18.2. The molecule has 27 heavy (non-hydrogen) atoms. The van der Waals surface area contributed by atoms with Gasteiger partial charge in [0.1, 0.15) is 0 Å². The molecule has 2 rings (SSSR count). The lowest BCUT2D eigenvalue weighted by atomic mass is 10.0. The molecule has 1 aromatic rings. The third-order valence-electron chi connectivity index (χ3n) is 5.00. The molecule has 0 aliphatic carbocycles. The fraction of sp³-hybridized carbons (Fsp3) is 0.619. The van der Waals surface area contributed by atoms with E-state index in [1.165, 1.54) is 25.8 Å². The van der Waals surface area contributed by atoms with Gasteiger partial charge < -0.3 is 20.3 Å². The first kappa shape index (κ1) is 21.2. The molecule has 2 N–H and O–H groups in total. The lowest BCUT2D eigenvalue weighted by molar-refractivity contribution is 0.0526. The molecule has 1 aliphatic heterocycles. The monoisotopic (exact) mass is 374 g/mol. The molecule has 1 fully saturated rings. The molecule has 0 amide bonds. The second-order valence-corrected chi connectivity index (χ2v) is 7.00. The van der Waals surface area contributed by atoms with Crippen LogP contribution >= 0.6 is 0 Å². The van der Waals surface area contributed by atoms with E-state index in [2.05, 4.69) is 27.4 Å². The maximum absolute atomic E-state index is 11.7. The van der Waals surface area contributed by atoms with Crippen molar-refractivity contribution >= 4 is 11.9 Å². The second-order valence-electron chi connectivity index (χ2n) is 7.00. The van der Waals surface area contributed by atoms with Crippen molar-refractivity contribution in [3.05, 3.63) is 35.4 Å². The maximum Gasteiger partial charge on any atom is 0.338 e. The van der Waals surface area contributed by atoms with Crippen molar-refractivity contribution in [2.75, 3.05) is 33.3 Å². The molecule has 1 unspecified atom stereocenters. The molecule has 6 nitrogen and oxygen atoms in total. The summed E-state index contributed by atoms with van der Waals surface area (Å²) in [6.45, 7) is 8.47. The Balaban J connectivity index is 1.68. The summed E-state index contributed by atoms with van der Waals surface area (Å²) in [4.78, 5) is 18.5. The minimum absolute atomic E-state index is 0.280. The molecule has 1 atom stereocenters. The Morgan fingerprint density at radius 1 is 1.26 bits per heavy atom. The maximum atomic E-state index is 11.7. The standard InChI is InChI=1S/C21H34N4O2/c1-4-27-20(26)19-11-9-18(10-12-19)16-24-21(22-3)23-13-7-15-25-14-6-5-8-17(25)2/h9-12,17H,4-8,13-16H2,1-3H3,(H2,22,23,24). The van der Waals surface area contributed by atoms with Crippen LogP contribution in [0.25, 0.3) is 0 Å². The Labute approximate surface area is 163 Å². The molecule has 0 spiro atoms. The highest BCUT2D eigenvalue weighted by atomic mass is 16.5. The van der Waals surface area contributed by atoms with E-state index in [1.54, 1.807) is 19.2 Å². The van der Waals surface area contributed by atoms with Crippen molar-refractivity contribution < 1.29 is 9.53 Å². The van der Waals surface area contributed by atoms with Gasteiger partial charge in [0.25, 0.3) is 0 Å². The topological polar surface area (TPSA) is 66.0 Å². The zero-order valence-electron chi connectivity index (χ0n) is 17.0. The minimum Gasteiger partial charge on any atom is -0.462 e. The molecule has 0 radical (unpaired) electrons. The Morgan fingerprint density at radius 3 is 2.70 bits per heavy atom. The number of aliphatic imine (C=N–C) groups is 1. The van der Waals surface area contributed by atoms with E-state index >= 15 is 0 Å². The van der Waals surface area contributed by atoms with Crippen molar-refractivity contribution in [2.24, 2.45) is 4.99 Å². The third-order valence-corrected chi connectivity index (χ3v) is 5.00. The zero-order chi connectivity index (χ0) is 19.5. The van der Waals surface area contributed by atoms with Gasteiger partial charge in [-0.2, -0.15) is 0 Å². The summed E-state index contributed by atoms with van der Waals surface area (Å²) < 4.78 is 5.00. The fourth-order valence-electron chi connectivity index (χ4n) is 3.36. The second kappa shape index (κ2) is 11.6. The van der Waals surface area contributed by atoms with Gasteiger partial charge in [-0.25, -0.2) is 4.79 Å². The van der Waals surface area contributed by atoms with Crippen LogP contribution in [0.5, 0.6) is 0 Å². The quantitative estimate of drug-likeness (QED) is 0.317. The van der Waals surface area contributed by atoms with Gasteiger partial charge in [-0.05, 0) is 57.4 Å². The average molecular weight is 375 g/mol. The molecule has 1 saturated heterocycles. The first-order valence-corrected chi connectivity index (χ1v) is 10.1. The summed E-state index contributed by atoms with van der Waals surface area (Å²) in [6, 6.07) is 8.18. The van der Waals surface area contributed by atoms with Gasteiger partial charge in [0.15, 0.2) is 5.96 Å². The van der Waals surface area contributed by atoms with E-state index in [0.29, 0.717) is 24.8 Å². The van der Waals surface area contributed by atoms with Crippen LogP contribution in [0.3, 0.4) is 0 Å². The summed E-state index contributed by atoms with van der Waals surface area (Å²) in [5, 5.41) is 6.69. The van der Waals surface area contributed by atoms with Gasteiger partial charge in [-0.15, -0.1) is 0 Å². The van der Waals surface area contributed by atoms with Crippen LogP contribution in [0.4, 0.5) is 0 Å². The highest BCUT2D eigenvalue weighted by Gasteiger charge is 2.17. The molecule has 1 aliphatic rings. The number of nitrogens with one attached hydrogen (secondary N) is 2. The molecule has 6 heteroatoms.